The van der Waals surface area contributed by atoms with E-state index in [1.165, 1.54) is 0 Å². The van der Waals surface area contributed by atoms with Crippen molar-refractivity contribution in [2.75, 3.05) is 18.4 Å². The molecule has 1 aromatic rings. The predicted octanol–water partition coefficient (Wildman–Crippen LogP) is 2.36. The van der Waals surface area contributed by atoms with Crippen molar-refractivity contribution in [3.63, 3.8) is 0 Å². The average molecular weight is 248 g/mol. The molecule has 2 rings (SSSR count). The lowest BCUT2D eigenvalue weighted by atomic mass is 10.2. The van der Waals surface area contributed by atoms with Crippen LogP contribution >= 0.6 is 12.2 Å². The Kier molecular flexibility index (Phi) is 3.74. The largest absolute Gasteiger partial charge is 0.358 e. The molecule has 17 heavy (non-hydrogen) atoms. The molecular formula is C13H16N2OS. The molecule has 0 unspecified atom stereocenters. The Morgan fingerprint density at radius 1 is 1.35 bits per heavy atom. The highest BCUT2D eigenvalue weighted by molar-refractivity contribution is 7.82. The second-order valence-corrected chi connectivity index (χ2v) is 4.71. The Balaban J connectivity index is 1.99. The molecule has 1 aliphatic rings. The minimum Gasteiger partial charge on any atom is -0.358 e. The molecular weight excluding hydrogens is 232 g/mol. The minimum absolute atomic E-state index is 0.174. The van der Waals surface area contributed by atoms with Crippen LogP contribution in [0.15, 0.2) is 24.3 Å². The van der Waals surface area contributed by atoms with Gasteiger partial charge in [0.15, 0.2) is 4.99 Å². The fraction of sp³-hybridized carbons (Fsp3) is 0.385. The lowest BCUT2D eigenvalue weighted by molar-refractivity contribution is -0.110. The molecule has 0 spiro atoms. The first-order valence-electron chi connectivity index (χ1n) is 5.84. The van der Waals surface area contributed by atoms with Crippen molar-refractivity contribution >= 4 is 28.8 Å². The summed E-state index contributed by atoms with van der Waals surface area (Å²) in [6.07, 6.45) is 2.25. The van der Waals surface area contributed by atoms with Crippen molar-refractivity contribution in [2.24, 2.45) is 0 Å². The van der Waals surface area contributed by atoms with Gasteiger partial charge < -0.3 is 10.2 Å². The number of thiocarbonyl (C=S) groups is 1. The number of hydrogen-bond donors (Lipinski definition) is 1. The summed E-state index contributed by atoms with van der Waals surface area (Å²) in [7, 11) is 0. The third-order valence-electron chi connectivity index (χ3n) is 2.86. The molecule has 1 fully saturated rings. The molecule has 1 saturated heterocycles. The number of hydrogen-bond acceptors (Lipinski definition) is 2. The third kappa shape index (κ3) is 3.03. The van der Waals surface area contributed by atoms with E-state index in [1.807, 2.05) is 36.1 Å². The van der Waals surface area contributed by atoms with Crippen LogP contribution in [0, 0.1) is 6.92 Å². The van der Waals surface area contributed by atoms with Crippen LogP contribution in [-0.2, 0) is 4.79 Å². The first kappa shape index (κ1) is 12.0. The van der Waals surface area contributed by atoms with Crippen molar-refractivity contribution in [3.8, 4) is 0 Å². The maximum Gasteiger partial charge on any atom is 0.283 e. The highest BCUT2D eigenvalue weighted by atomic mass is 32.1. The van der Waals surface area contributed by atoms with Crippen LogP contribution in [0.5, 0.6) is 0 Å². The van der Waals surface area contributed by atoms with Crippen LogP contribution in [0.3, 0.4) is 0 Å². The number of carbonyl (C=O) groups excluding carboxylic acids is 1. The molecule has 0 aliphatic carbocycles. The summed E-state index contributed by atoms with van der Waals surface area (Å²) < 4.78 is 0. The monoisotopic (exact) mass is 248 g/mol. The number of carbonyl (C=O) groups is 1. The van der Waals surface area contributed by atoms with Crippen molar-refractivity contribution in [1.82, 2.24) is 4.90 Å². The van der Waals surface area contributed by atoms with Crippen LogP contribution in [0.4, 0.5) is 5.69 Å². The van der Waals surface area contributed by atoms with Crippen LogP contribution in [0.2, 0.25) is 0 Å². The second-order valence-electron chi connectivity index (χ2n) is 4.32. The number of nitrogens with one attached hydrogen (secondary N) is 1. The Labute approximate surface area is 107 Å². The van der Waals surface area contributed by atoms with Crippen LogP contribution in [-0.4, -0.2) is 28.9 Å². The third-order valence-corrected chi connectivity index (χ3v) is 3.31. The van der Waals surface area contributed by atoms with Gasteiger partial charge in [0, 0.05) is 18.8 Å². The van der Waals surface area contributed by atoms with Crippen molar-refractivity contribution < 1.29 is 4.79 Å². The number of amides is 1. The van der Waals surface area contributed by atoms with Crippen molar-refractivity contribution in [2.45, 2.75) is 19.8 Å². The first-order chi connectivity index (χ1) is 8.16. The van der Waals surface area contributed by atoms with Crippen LogP contribution in [0.25, 0.3) is 0 Å². The predicted molar refractivity (Wildman–Crippen MR) is 73.2 cm³/mol. The van der Waals surface area contributed by atoms with E-state index >= 15 is 0 Å². The highest BCUT2D eigenvalue weighted by Crippen LogP contribution is 2.12. The quantitative estimate of drug-likeness (QED) is 0.774. The molecule has 0 saturated carbocycles. The molecule has 4 heteroatoms. The van der Waals surface area contributed by atoms with Gasteiger partial charge in [0.2, 0.25) is 0 Å². The van der Waals surface area contributed by atoms with Gasteiger partial charge in [-0.05, 0) is 37.5 Å². The van der Waals surface area contributed by atoms with E-state index in [2.05, 4.69) is 5.32 Å². The Morgan fingerprint density at radius 2 is 2.06 bits per heavy atom. The standard InChI is InChI=1S/C13H16N2OS/c1-10-5-4-6-11(9-10)14-12(16)13(17)15-7-2-3-8-15/h4-6,9H,2-3,7-8H2,1H3,(H,14,16). The minimum atomic E-state index is -0.174. The number of aryl methyl sites for hydroxylation is 1. The van der Waals surface area contributed by atoms with Gasteiger partial charge in [0.1, 0.15) is 0 Å². The number of likely N-dealkylation sites (tertiary alicyclic amines) is 1. The molecule has 1 N–H and O–H groups in total. The molecule has 3 nitrogen and oxygen atoms in total. The topological polar surface area (TPSA) is 32.3 Å². The summed E-state index contributed by atoms with van der Waals surface area (Å²) in [6.45, 7) is 3.80. The zero-order valence-corrected chi connectivity index (χ0v) is 10.7. The maximum absolute atomic E-state index is 11.9. The van der Waals surface area contributed by atoms with Crippen molar-refractivity contribution in [1.29, 1.82) is 0 Å². The van der Waals surface area contributed by atoms with Crippen LogP contribution < -0.4 is 5.32 Å². The smallest absolute Gasteiger partial charge is 0.283 e. The summed E-state index contributed by atoms with van der Waals surface area (Å²) in [5, 5.41) is 2.84. The summed E-state index contributed by atoms with van der Waals surface area (Å²) in [5.74, 6) is -0.174. The number of anilines is 1. The van der Waals surface area contributed by atoms with Crippen LogP contribution in [0.1, 0.15) is 18.4 Å². The number of nitrogens with zero attached hydrogens (tertiary/aromatic N) is 1. The number of benzene rings is 1. The van der Waals surface area contributed by atoms with Gasteiger partial charge in [-0.2, -0.15) is 0 Å². The molecule has 0 atom stereocenters. The fourth-order valence-corrected chi connectivity index (χ4v) is 2.20. The van der Waals surface area contributed by atoms with Gasteiger partial charge in [-0.25, -0.2) is 0 Å². The van der Waals surface area contributed by atoms with E-state index in [0.29, 0.717) is 4.99 Å². The van der Waals surface area contributed by atoms with E-state index in [1.54, 1.807) is 0 Å². The summed E-state index contributed by atoms with van der Waals surface area (Å²) in [5.41, 5.74) is 1.92. The van der Waals surface area contributed by atoms with E-state index in [-0.39, 0.29) is 5.91 Å². The summed E-state index contributed by atoms with van der Waals surface area (Å²) in [6, 6.07) is 7.72. The van der Waals surface area contributed by atoms with Gasteiger partial charge in [0.05, 0.1) is 0 Å². The molecule has 0 aromatic heterocycles. The highest BCUT2D eigenvalue weighted by Gasteiger charge is 2.20. The van der Waals surface area contributed by atoms with Gasteiger partial charge in [-0.3, -0.25) is 4.79 Å². The Morgan fingerprint density at radius 3 is 2.71 bits per heavy atom. The van der Waals surface area contributed by atoms with E-state index in [4.69, 9.17) is 12.2 Å². The average Bonchev–Trinajstić information content (AvgIpc) is 2.81. The Hall–Kier alpha value is -1.42. The van der Waals surface area contributed by atoms with E-state index in [9.17, 15) is 4.79 Å². The molecule has 1 aromatic carbocycles. The molecule has 1 aliphatic heterocycles. The van der Waals surface area contributed by atoms with Gasteiger partial charge >= 0.3 is 0 Å². The zero-order valence-electron chi connectivity index (χ0n) is 9.90. The lowest BCUT2D eigenvalue weighted by Gasteiger charge is -2.17. The first-order valence-corrected chi connectivity index (χ1v) is 6.24. The molecule has 0 radical (unpaired) electrons. The molecule has 1 amide bonds. The van der Waals surface area contributed by atoms with Gasteiger partial charge in [0.25, 0.3) is 5.91 Å². The normalized spacial score (nSPS) is 14.8. The van der Waals surface area contributed by atoms with E-state index < -0.39 is 0 Å². The second kappa shape index (κ2) is 5.27. The van der Waals surface area contributed by atoms with Gasteiger partial charge in [-0.15, -0.1) is 0 Å². The fourth-order valence-electron chi connectivity index (χ4n) is 1.97. The molecule has 0 bridgehead atoms. The molecule has 1 heterocycles. The summed E-state index contributed by atoms with van der Waals surface area (Å²) in [4.78, 5) is 14.3. The lowest BCUT2D eigenvalue weighted by Crippen LogP contribution is -2.36. The zero-order chi connectivity index (χ0) is 12.3. The molecule has 90 valence electrons. The SMILES string of the molecule is Cc1cccc(NC(=O)C(=S)N2CCCC2)c1. The van der Waals surface area contributed by atoms with E-state index in [0.717, 1.165) is 37.2 Å². The maximum atomic E-state index is 11.9. The van der Waals surface area contributed by atoms with Crippen molar-refractivity contribution in [3.05, 3.63) is 29.8 Å². The van der Waals surface area contributed by atoms with Gasteiger partial charge in [-0.1, -0.05) is 24.4 Å². The Bertz CT molecular complexity index is 439. The number of rotatable bonds is 1. The summed E-state index contributed by atoms with van der Waals surface area (Å²) >= 11 is 5.18.